The second-order valence-electron chi connectivity index (χ2n) is 8.44. The van der Waals surface area contributed by atoms with E-state index in [0.29, 0.717) is 11.3 Å². The van der Waals surface area contributed by atoms with Crippen molar-refractivity contribution >= 4 is 33.0 Å². The molecule has 1 saturated carbocycles. The highest BCUT2D eigenvalue weighted by Gasteiger charge is 2.38. The number of anilines is 2. The minimum absolute atomic E-state index is 0.0230. The lowest BCUT2D eigenvalue weighted by Gasteiger charge is -2.14. The molecule has 0 unspecified atom stereocenters. The van der Waals surface area contributed by atoms with Crippen molar-refractivity contribution in [2.24, 2.45) is 4.99 Å². The van der Waals surface area contributed by atoms with E-state index in [1.54, 1.807) is 24.3 Å². The number of hydrogen-bond acceptors (Lipinski definition) is 6. The van der Waals surface area contributed by atoms with Crippen molar-refractivity contribution in [2.45, 2.75) is 30.2 Å². The van der Waals surface area contributed by atoms with E-state index in [0.717, 1.165) is 19.1 Å². The van der Waals surface area contributed by atoms with Crippen molar-refractivity contribution in [3.8, 4) is 0 Å². The van der Waals surface area contributed by atoms with Gasteiger partial charge in [-0.05, 0) is 56.2 Å². The molecule has 1 heterocycles. The molecule has 0 bridgehead atoms. The molecule has 0 aliphatic heterocycles. The average Bonchev–Trinajstić information content (AvgIpc) is 3.50. The zero-order chi connectivity index (χ0) is 24.5. The van der Waals surface area contributed by atoms with E-state index in [-0.39, 0.29) is 33.2 Å². The van der Waals surface area contributed by atoms with Crippen LogP contribution in [0.2, 0.25) is 0 Å². The quantitative estimate of drug-likeness (QED) is 0.422. The molecule has 1 aliphatic rings. The summed E-state index contributed by atoms with van der Waals surface area (Å²) in [6, 6.07) is 12.0. The Balaban J connectivity index is 1.63. The second-order valence-corrected chi connectivity index (χ2v) is 10.4. The van der Waals surface area contributed by atoms with E-state index in [9.17, 15) is 22.8 Å². The maximum Gasteiger partial charge on any atom is 0.280 e. The number of aromatic amines is 2. The van der Waals surface area contributed by atoms with Crippen molar-refractivity contribution in [3.63, 3.8) is 0 Å². The molecule has 34 heavy (non-hydrogen) atoms. The molecule has 0 radical (unpaired) electrons. The van der Waals surface area contributed by atoms with Crippen LogP contribution in [0.15, 0.2) is 69.4 Å². The SMILES string of the molecule is CC1(NC(=O)c2cccc(Nc3ccc(C(=O)/N=c4\[nH]ccc(=O)[nH]4)cc3S(C)(=O)=O)c2)CC1. The van der Waals surface area contributed by atoms with Crippen molar-refractivity contribution in [3.05, 3.63) is 81.8 Å². The highest BCUT2D eigenvalue weighted by molar-refractivity contribution is 7.90. The first kappa shape index (κ1) is 23.2. The van der Waals surface area contributed by atoms with E-state index in [1.165, 1.54) is 30.5 Å². The first-order valence-corrected chi connectivity index (χ1v) is 12.3. The van der Waals surface area contributed by atoms with E-state index < -0.39 is 21.3 Å². The summed E-state index contributed by atoms with van der Waals surface area (Å²) in [5.74, 6) is -0.938. The van der Waals surface area contributed by atoms with Gasteiger partial charge >= 0.3 is 0 Å². The van der Waals surface area contributed by atoms with Crippen LogP contribution >= 0.6 is 0 Å². The fourth-order valence-electron chi connectivity index (χ4n) is 3.23. The van der Waals surface area contributed by atoms with Crippen LogP contribution < -0.4 is 21.8 Å². The highest BCUT2D eigenvalue weighted by Crippen LogP contribution is 2.34. The van der Waals surface area contributed by atoms with E-state index in [2.05, 4.69) is 25.6 Å². The monoisotopic (exact) mass is 481 g/mol. The highest BCUT2D eigenvalue weighted by atomic mass is 32.2. The Morgan fingerprint density at radius 1 is 1.06 bits per heavy atom. The van der Waals surface area contributed by atoms with E-state index in [4.69, 9.17) is 0 Å². The molecule has 3 aromatic rings. The Morgan fingerprint density at radius 3 is 2.50 bits per heavy atom. The molecule has 176 valence electrons. The summed E-state index contributed by atoms with van der Waals surface area (Å²) >= 11 is 0. The molecule has 2 aromatic carbocycles. The van der Waals surface area contributed by atoms with Gasteiger partial charge in [0.15, 0.2) is 9.84 Å². The second kappa shape index (κ2) is 8.75. The number of amides is 2. The number of nitrogens with zero attached hydrogens (tertiary/aromatic N) is 1. The van der Waals surface area contributed by atoms with Crippen LogP contribution in [-0.2, 0) is 9.84 Å². The van der Waals surface area contributed by atoms with E-state index >= 15 is 0 Å². The van der Waals surface area contributed by atoms with Crippen LogP contribution in [0.4, 0.5) is 11.4 Å². The molecule has 4 rings (SSSR count). The molecule has 10 nitrogen and oxygen atoms in total. The van der Waals surface area contributed by atoms with Gasteiger partial charge in [0.1, 0.15) is 0 Å². The van der Waals surface area contributed by atoms with Gasteiger partial charge in [-0.1, -0.05) is 6.07 Å². The number of carbonyl (C=O) groups is 2. The summed E-state index contributed by atoms with van der Waals surface area (Å²) in [6.45, 7) is 1.98. The summed E-state index contributed by atoms with van der Waals surface area (Å²) in [5.41, 5.74) is 0.554. The molecule has 11 heteroatoms. The number of aromatic nitrogens is 2. The number of nitrogens with one attached hydrogen (secondary N) is 4. The van der Waals surface area contributed by atoms with Gasteiger partial charge in [0.25, 0.3) is 17.4 Å². The number of benzene rings is 2. The first-order chi connectivity index (χ1) is 16.0. The molecule has 4 N–H and O–H groups in total. The van der Waals surface area contributed by atoms with Crippen molar-refractivity contribution in [1.82, 2.24) is 15.3 Å². The lowest BCUT2D eigenvalue weighted by atomic mass is 10.1. The smallest absolute Gasteiger partial charge is 0.280 e. The Morgan fingerprint density at radius 2 is 1.82 bits per heavy atom. The molecular formula is C23H23N5O5S. The fraction of sp³-hybridized carbons (Fsp3) is 0.217. The van der Waals surface area contributed by atoms with E-state index in [1.807, 2.05) is 6.92 Å². The van der Waals surface area contributed by atoms with Gasteiger partial charge in [-0.15, -0.1) is 0 Å². The predicted molar refractivity (Wildman–Crippen MR) is 126 cm³/mol. The standard InChI is InChI=1S/C23H23N5O5S/c1-23(9-10-23)28-21(31)14-4-3-5-16(12-14)25-17-7-6-15(13-18(17)34(2,32)33)20(30)27-22-24-11-8-19(29)26-22/h3-8,11-13,25H,9-10H2,1-2H3,(H,28,31)(H2,24,26,27,29,30). The van der Waals surface area contributed by atoms with Crippen molar-refractivity contribution in [1.29, 1.82) is 0 Å². The van der Waals surface area contributed by atoms with Crippen LogP contribution in [0.5, 0.6) is 0 Å². The molecule has 1 aliphatic carbocycles. The van der Waals surface area contributed by atoms with Crippen LogP contribution in [0, 0.1) is 0 Å². The third kappa shape index (κ3) is 5.49. The zero-order valence-corrected chi connectivity index (χ0v) is 19.3. The molecular weight excluding hydrogens is 458 g/mol. The largest absolute Gasteiger partial charge is 0.354 e. The summed E-state index contributed by atoms with van der Waals surface area (Å²) < 4.78 is 24.9. The molecule has 1 fully saturated rings. The Kier molecular flexibility index (Phi) is 5.96. The number of rotatable bonds is 6. The topological polar surface area (TPSA) is 153 Å². The van der Waals surface area contributed by atoms with Gasteiger partial charge in [-0.2, -0.15) is 4.99 Å². The van der Waals surface area contributed by atoms with Gasteiger partial charge in [0.05, 0.1) is 10.6 Å². The predicted octanol–water partition coefficient (Wildman–Crippen LogP) is 1.87. The number of sulfone groups is 1. The first-order valence-electron chi connectivity index (χ1n) is 10.4. The molecule has 1 aromatic heterocycles. The number of carbonyl (C=O) groups excluding carboxylic acids is 2. The van der Waals surface area contributed by atoms with Crippen LogP contribution in [0.3, 0.4) is 0 Å². The molecule has 2 amide bonds. The Hall–Kier alpha value is -3.99. The minimum Gasteiger partial charge on any atom is -0.354 e. The third-order valence-corrected chi connectivity index (χ3v) is 6.49. The van der Waals surface area contributed by atoms with Gasteiger partial charge in [0.2, 0.25) is 5.62 Å². The maximum atomic E-state index is 12.5. The van der Waals surface area contributed by atoms with Gasteiger partial charge in [-0.3, -0.25) is 19.4 Å². The summed E-state index contributed by atoms with van der Waals surface area (Å²) in [6.07, 6.45) is 4.23. The Bertz CT molecular complexity index is 1520. The maximum absolute atomic E-state index is 12.5. The molecule has 0 atom stereocenters. The number of H-pyrrole nitrogens is 2. The van der Waals surface area contributed by atoms with Gasteiger partial charge < -0.3 is 15.6 Å². The molecule has 0 spiro atoms. The summed E-state index contributed by atoms with van der Waals surface area (Å²) in [5, 5.41) is 6.00. The van der Waals surface area contributed by atoms with Gasteiger partial charge in [0, 0.05) is 40.9 Å². The van der Waals surface area contributed by atoms with Crippen molar-refractivity contribution in [2.75, 3.05) is 11.6 Å². The van der Waals surface area contributed by atoms with Crippen LogP contribution in [0.1, 0.15) is 40.5 Å². The van der Waals surface area contributed by atoms with Crippen molar-refractivity contribution < 1.29 is 18.0 Å². The Labute approximate surface area is 195 Å². The summed E-state index contributed by atoms with van der Waals surface area (Å²) in [7, 11) is -3.73. The van der Waals surface area contributed by atoms with Gasteiger partial charge in [-0.25, -0.2) is 8.42 Å². The fourth-order valence-corrected chi connectivity index (χ4v) is 4.09. The zero-order valence-electron chi connectivity index (χ0n) is 18.5. The van der Waals surface area contributed by atoms with Crippen LogP contribution in [-0.4, -0.2) is 42.0 Å². The number of hydrogen-bond donors (Lipinski definition) is 4. The lowest BCUT2D eigenvalue weighted by Crippen LogP contribution is -2.34. The van der Waals surface area contributed by atoms with Crippen LogP contribution in [0.25, 0.3) is 0 Å². The molecule has 0 saturated heterocycles. The average molecular weight is 482 g/mol. The lowest BCUT2D eigenvalue weighted by molar-refractivity contribution is 0.0934. The third-order valence-electron chi connectivity index (χ3n) is 5.36. The minimum atomic E-state index is -3.73. The summed E-state index contributed by atoms with van der Waals surface area (Å²) in [4.78, 5) is 45.1. The normalized spacial score (nSPS) is 14.9.